The Morgan fingerprint density at radius 2 is 1.19 bits per heavy atom. The van der Waals surface area contributed by atoms with Gasteiger partial charge >= 0.3 is 0 Å². The number of hydrogen-bond donors (Lipinski definition) is 0. The molecule has 2 amide bonds. The molecule has 1 fully saturated rings. The highest BCUT2D eigenvalue weighted by Gasteiger charge is 2.40. The summed E-state index contributed by atoms with van der Waals surface area (Å²) < 4.78 is 0. The van der Waals surface area contributed by atoms with E-state index in [0.29, 0.717) is 13.1 Å². The van der Waals surface area contributed by atoms with Crippen LogP contribution in [0.25, 0.3) is 0 Å². The molecule has 1 saturated heterocycles. The summed E-state index contributed by atoms with van der Waals surface area (Å²) in [6.07, 6.45) is 0. The molecule has 0 aromatic rings. The number of carbonyl (C=O) groups excluding carboxylic acids is 2. The fraction of sp³-hybridized carbons (Fsp3) is 0.833. The first kappa shape index (κ1) is 13.2. The Morgan fingerprint density at radius 1 is 0.812 bits per heavy atom. The lowest BCUT2D eigenvalue weighted by Gasteiger charge is -2.44. The molecule has 4 heteroatoms. The van der Waals surface area contributed by atoms with Crippen LogP contribution in [0.1, 0.15) is 41.5 Å². The molecule has 0 unspecified atom stereocenters. The number of imide groups is 1. The molecule has 1 heterocycles. The Labute approximate surface area is 97.6 Å². The summed E-state index contributed by atoms with van der Waals surface area (Å²) in [6.45, 7) is 12.3. The summed E-state index contributed by atoms with van der Waals surface area (Å²) in [5, 5.41) is 0. The van der Waals surface area contributed by atoms with Crippen LogP contribution in [0.15, 0.2) is 0 Å². The molecule has 1 aliphatic heterocycles. The topological polar surface area (TPSA) is 40.6 Å². The van der Waals surface area contributed by atoms with Crippen molar-refractivity contribution in [2.75, 3.05) is 13.1 Å². The molecule has 92 valence electrons. The van der Waals surface area contributed by atoms with Gasteiger partial charge in [0.05, 0.1) is 13.1 Å². The van der Waals surface area contributed by atoms with Crippen molar-refractivity contribution >= 4 is 11.8 Å². The van der Waals surface area contributed by atoms with Crippen molar-refractivity contribution in [2.24, 2.45) is 0 Å². The van der Waals surface area contributed by atoms with E-state index in [4.69, 9.17) is 0 Å². The average Bonchev–Trinajstić information content (AvgIpc) is 1.97. The van der Waals surface area contributed by atoms with Crippen LogP contribution in [-0.4, -0.2) is 45.8 Å². The zero-order valence-corrected chi connectivity index (χ0v) is 11.1. The third-order valence-electron chi connectivity index (χ3n) is 2.77. The van der Waals surface area contributed by atoms with E-state index in [1.807, 2.05) is 46.4 Å². The van der Waals surface area contributed by atoms with Crippen LogP contribution in [-0.2, 0) is 9.59 Å². The van der Waals surface area contributed by atoms with Crippen LogP contribution >= 0.6 is 0 Å². The van der Waals surface area contributed by atoms with Gasteiger partial charge in [0.15, 0.2) is 0 Å². The monoisotopic (exact) mass is 226 g/mol. The van der Waals surface area contributed by atoms with Crippen molar-refractivity contribution < 1.29 is 9.59 Å². The SMILES string of the molecule is CC(C)(C)N1CC(=O)N(C(C)(C)C)C(=O)C1. The van der Waals surface area contributed by atoms with Gasteiger partial charge in [0, 0.05) is 11.1 Å². The van der Waals surface area contributed by atoms with Gasteiger partial charge in [0.1, 0.15) is 0 Å². The lowest BCUT2D eigenvalue weighted by atomic mass is 10.0. The van der Waals surface area contributed by atoms with Gasteiger partial charge < -0.3 is 0 Å². The Hall–Kier alpha value is -0.900. The normalized spacial score (nSPS) is 20.5. The second-order valence-corrected chi connectivity index (χ2v) is 6.32. The molecule has 1 aliphatic rings. The van der Waals surface area contributed by atoms with Gasteiger partial charge in [-0.05, 0) is 41.5 Å². The van der Waals surface area contributed by atoms with E-state index in [-0.39, 0.29) is 17.4 Å². The number of carbonyl (C=O) groups is 2. The van der Waals surface area contributed by atoms with Gasteiger partial charge in [0.2, 0.25) is 11.8 Å². The molecule has 0 aliphatic carbocycles. The first-order valence-electron chi connectivity index (χ1n) is 5.64. The first-order chi connectivity index (χ1) is 7.03. The van der Waals surface area contributed by atoms with Gasteiger partial charge in [-0.15, -0.1) is 0 Å². The average molecular weight is 226 g/mol. The fourth-order valence-corrected chi connectivity index (χ4v) is 1.89. The van der Waals surface area contributed by atoms with Gasteiger partial charge in [-0.2, -0.15) is 0 Å². The molecular formula is C12H22N2O2. The molecule has 0 aromatic carbocycles. The van der Waals surface area contributed by atoms with Gasteiger partial charge in [-0.3, -0.25) is 19.4 Å². The minimum Gasteiger partial charge on any atom is -0.280 e. The van der Waals surface area contributed by atoms with Crippen LogP contribution < -0.4 is 0 Å². The van der Waals surface area contributed by atoms with E-state index in [2.05, 4.69) is 0 Å². The molecule has 16 heavy (non-hydrogen) atoms. The Morgan fingerprint density at radius 3 is 1.44 bits per heavy atom. The molecular weight excluding hydrogens is 204 g/mol. The van der Waals surface area contributed by atoms with Crippen molar-refractivity contribution in [3.05, 3.63) is 0 Å². The predicted octanol–water partition coefficient (Wildman–Crippen LogP) is 1.25. The van der Waals surface area contributed by atoms with Crippen molar-refractivity contribution in [1.29, 1.82) is 0 Å². The predicted molar refractivity (Wildman–Crippen MR) is 62.9 cm³/mol. The number of piperazine rings is 1. The first-order valence-corrected chi connectivity index (χ1v) is 5.64. The van der Waals surface area contributed by atoms with E-state index in [1.165, 1.54) is 4.90 Å². The number of hydrogen-bond acceptors (Lipinski definition) is 3. The van der Waals surface area contributed by atoms with Gasteiger partial charge in [-0.25, -0.2) is 0 Å². The minimum atomic E-state index is -0.419. The van der Waals surface area contributed by atoms with Crippen molar-refractivity contribution in [2.45, 2.75) is 52.6 Å². The lowest BCUT2D eigenvalue weighted by Crippen LogP contribution is -2.63. The van der Waals surface area contributed by atoms with Crippen LogP contribution in [0, 0.1) is 0 Å². The fourth-order valence-electron chi connectivity index (χ4n) is 1.89. The zero-order valence-electron chi connectivity index (χ0n) is 11.1. The largest absolute Gasteiger partial charge is 0.280 e. The van der Waals surface area contributed by atoms with Crippen LogP contribution in [0.2, 0.25) is 0 Å². The summed E-state index contributed by atoms with van der Waals surface area (Å²) in [5.41, 5.74) is -0.562. The maximum atomic E-state index is 12.0. The molecule has 1 rings (SSSR count). The zero-order chi connectivity index (χ0) is 12.7. The standard InChI is InChI=1S/C12H22N2O2/c1-11(2,3)13-7-9(15)14(10(16)8-13)12(4,5)6/h7-8H2,1-6H3. The van der Waals surface area contributed by atoms with Crippen molar-refractivity contribution in [1.82, 2.24) is 9.80 Å². The highest BCUT2D eigenvalue weighted by Crippen LogP contribution is 2.22. The smallest absolute Gasteiger partial charge is 0.243 e. The van der Waals surface area contributed by atoms with E-state index in [0.717, 1.165) is 0 Å². The second kappa shape index (κ2) is 3.84. The Kier molecular flexibility index (Phi) is 3.16. The van der Waals surface area contributed by atoms with E-state index < -0.39 is 5.54 Å². The lowest BCUT2D eigenvalue weighted by molar-refractivity contribution is -0.159. The summed E-state index contributed by atoms with van der Waals surface area (Å²) in [6, 6.07) is 0. The number of amides is 2. The summed E-state index contributed by atoms with van der Waals surface area (Å²) in [7, 11) is 0. The van der Waals surface area contributed by atoms with Crippen molar-refractivity contribution in [3.8, 4) is 0 Å². The van der Waals surface area contributed by atoms with E-state index >= 15 is 0 Å². The maximum absolute atomic E-state index is 12.0. The number of nitrogens with zero attached hydrogens (tertiary/aromatic N) is 2. The van der Waals surface area contributed by atoms with Crippen LogP contribution in [0.4, 0.5) is 0 Å². The van der Waals surface area contributed by atoms with Gasteiger partial charge in [0.25, 0.3) is 0 Å². The van der Waals surface area contributed by atoms with Crippen LogP contribution in [0.5, 0.6) is 0 Å². The van der Waals surface area contributed by atoms with E-state index in [9.17, 15) is 9.59 Å². The quantitative estimate of drug-likeness (QED) is 0.584. The van der Waals surface area contributed by atoms with E-state index in [1.54, 1.807) is 0 Å². The van der Waals surface area contributed by atoms with Crippen molar-refractivity contribution in [3.63, 3.8) is 0 Å². The Bertz CT molecular complexity index is 292. The molecule has 4 nitrogen and oxygen atoms in total. The highest BCUT2D eigenvalue weighted by atomic mass is 16.2. The molecule has 0 aromatic heterocycles. The van der Waals surface area contributed by atoms with Crippen LogP contribution in [0.3, 0.4) is 0 Å². The summed E-state index contributed by atoms with van der Waals surface area (Å²) in [4.78, 5) is 27.2. The maximum Gasteiger partial charge on any atom is 0.243 e. The highest BCUT2D eigenvalue weighted by molar-refractivity contribution is 6.00. The third kappa shape index (κ3) is 2.61. The molecule has 0 atom stereocenters. The Balaban J connectivity index is 2.89. The minimum absolute atomic E-state index is 0.0984. The molecule has 0 saturated carbocycles. The second-order valence-electron chi connectivity index (χ2n) is 6.32. The molecule has 0 spiro atoms. The third-order valence-corrected chi connectivity index (χ3v) is 2.77. The molecule has 0 bridgehead atoms. The molecule has 0 radical (unpaired) electrons. The molecule has 0 N–H and O–H groups in total. The van der Waals surface area contributed by atoms with Gasteiger partial charge in [-0.1, -0.05) is 0 Å². The summed E-state index contributed by atoms with van der Waals surface area (Å²) in [5.74, 6) is -0.197. The summed E-state index contributed by atoms with van der Waals surface area (Å²) >= 11 is 0. The number of rotatable bonds is 0.